The second-order valence-corrected chi connectivity index (χ2v) is 3.01. The maximum absolute atomic E-state index is 9.48. The molecule has 2 rings (SSSR count). The lowest BCUT2D eigenvalue weighted by molar-refractivity contribution is 0.480. The number of pyridine rings is 1. The molecule has 0 unspecified atom stereocenters. The molecule has 0 saturated heterocycles. The minimum absolute atomic E-state index is 0. The zero-order valence-electron chi connectivity index (χ0n) is 7.69. The molecule has 0 aliphatic carbocycles. The molecule has 0 amide bonds. The lowest BCUT2D eigenvalue weighted by Gasteiger charge is -2.03. The molecule has 0 aliphatic rings. The molecule has 3 N–H and O–H groups in total. The first-order valence-corrected chi connectivity index (χ1v) is 4.03. The number of hydrogen-bond donors (Lipinski definition) is 2. The molecule has 0 aliphatic heterocycles. The average Bonchev–Trinajstić information content (AvgIpc) is 2.09. The van der Waals surface area contributed by atoms with Gasteiger partial charge in [0, 0.05) is 5.39 Å². The molecule has 0 radical (unpaired) electrons. The maximum Gasteiger partial charge on any atom is 0.141 e. The summed E-state index contributed by atoms with van der Waals surface area (Å²) in [5, 5.41) is 10.3. The number of nitrogens with two attached hydrogens (primary N) is 1. The highest BCUT2D eigenvalue weighted by atomic mass is 35.5. The Morgan fingerprint density at radius 1 is 1.36 bits per heavy atom. The number of phenolic OH excluding ortho intramolecular Hbond substituents is 1. The van der Waals surface area contributed by atoms with Crippen molar-refractivity contribution in [2.24, 2.45) is 0 Å². The highest BCUT2D eigenvalue weighted by Gasteiger charge is 2.02. The lowest BCUT2D eigenvalue weighted by Crippen LogP contribution is -1.93. The number of nitrogen functional groups attached to an aromatic ring is 1. The number of benzene rings is 1. The molecule has 0 spiro atoms. The number of halogens is 1. The molecule has 0 bridgehead atoms. The maximum atomic E-state index is 9.48. The minimum Gasteiger partial charge on any atom is -0.506 e. The van der Waals surface area contributed by atoms with Crippen molar-refractivity contribution in [3.8, 4) is 5.75 Å². The molecule has 1 aromatic heterocycles. The van der Waals surface area contributed by atoms with Gasteiger partial charge in [0.05, 0.1) is 11.4 Å². The summed E-state index contributed by atoms with van der Waals surface area (Å²) in [5.74, 6) is 0.195. The monoisotopic (exact) mass is 210 g/mol. The molecule has 3 nitrogen and oxygen atoms in total. The fourth-order valence-corrected chi connectivity index (χ4v) is 1.29. The first kappa shape index (κ1) is 10.6. The molecule has 74 valence electrons. The highest BCUT2D eigenvalue weighted by molar-refractivity contribution is 5.86. The van der Waals surface area contributed by atoms with Crippen molar-refractivity contribution in [2.75, 3.05) is 5.73 Å². The first-order valence-electron chi connectivity index (χ1n) is 4.03. The topological polar surface area (TPSA) is 59.1 Å². The van der Waals surface area contributed by atoms with Gasteiger partial charge in [-0.2, -0.15) is 0 Å². The van der Waals surface area contributed by atoms with E-state index in [1.54, 1.807) is 12.1 Å². The zero-order valence-corrected chi connectivity index (χ0v) is 8.51. The predicted molar refractivity (Wildman–Crippen MR) is 59.8 cm³/mol. The Bertz CT molecular complexity index is 471. The Balaban J connectivity index is 0.000000980. The van der Waals surface area contributed by atoms with Gasteiger partial charge in [0.1, 0.15) is 11.3 Å². The van der Waals surface area contributed by atoms with Crippen LogP contribution >= 0.6 is 12.4 Å². The number of aryl methyl sites for hydroxylation is 1. The number of phenols is 1. The molecular formula is C10H11ClN2O. The normalized spacial score (nSPS) is 9.79. The molecule has 1 aromatic carbocycles. The van der Waals surface area contributed by atoms with E-state index in [0.29, 0.717) is 11.2 Å². The number of aromatic hydroxyl groups is 1. The van der Waals surface area contributed by atoms with Crippen molar-refractivity contribution >= 4 is 29.0 Å². The minimum atomic E-state index is 0. The third kappa shape index (κ3) is 1.59. The smallest absolute Gasteiger partial charge is 0.141 e. The van der Waals surface area contributed by atoms with E-state index in [1.165, 1.54) is 0 Å². The van der Waals surface area contributed by atoms with Gasteiger partial charge in [0.25, 0.3) is 0 Å². The van der Waals surface area contributed by atoms with E-state index >= 15 is 0 Å². The Hall–Kier alpha value is -1.48. The Labute approximate surface area is 88.0 Å². The lowest BCUT2D eigenvalue weighted by atomic mass is 10.1. The molecule has 0 fully saturated rings. The van der Waals surface area contributed by atoms with E-state index in [0.717, 1.165) is 11.1 Å². The number of para-hydroxylation sites is 1. The van der Waals surface area contributed by atoms with Gasteiger partial charge in [-0.15, -0.1) is 12.4 Å². The SMILES string of the molecule is Cc1nc2c(O)cccc2cc1N.Cl. The number of aromatic nitrogens is 1. The number of anilines is 1. The zero-order chi connectivity index (χ0) is 9.42. The van der Waals surface area contributed by atoms with Crippen molar-refractivity contribution in [2.45, 2.75) is 6.92 Å². The number of hydrogen-bond acceptors (Lipinski definition) is 3. The van der Waals surface area contributed by atoms with Gasteiger partial charge in [-0.25, -0.2) is 4.98 Å². The third-order valence-electron chi connectivity index (χ3n) is 2.05. The van der Waals surface area contributed by atoms with Crippen LogP contribution in [-0.4, -0.2) is 10.1 Å². The fourth-order valence-electron chi connectivity index (χ4n) is 1.29. The Morgan fingerprint density at radius 2 is 2.07 bits per heavy atom. The van der Waals surface area contributed by atoms with E-state index in [9.17, 15) is 5.11 Å². The van der Waals surface area contributed by atoms with Gasteiger partial charge in [-0.05, 0) is 19.1 Å². The van der Waals surface area contributed by atoms with E-state index < -0.39 is 0 Å². The van der Waals surface area contributed by atoms with Crippen molar-refractivity contribution in [3.63, 3.8) is 0 Å². The summed E-state index contributed by atoms with van der Waals surface area (Å²) in [6.45, 7) is 1.82. The molecule has 0 atom stereocenters. The van der Waals surface area contributed by atoms with E-state index in [-0.39, 0.29) is 18.2 Å². The van der Waals surface area contributed by atoms with Gasteiger partial charge < -0.3 is 10.8 Å². The van der Waals surface area contributed by atoms with E-state index in [4.69, 9.17) is 5.73 Å². The molecule has 14 heavy (non-hydrogen) atoms. The van der Waals surface area contributed by atoms with Crippen LogP contribution in [-0.2, 0) is 0 Å². The number of rotatable bonds is 0. The van der Waals surface area contributed by atoms with Crippen LogP contribution in [0.15, 0.2) is 24.3 Å². The summed E-state index contributed by atoms with van der Waals surface area (Å²) in [7, 11) is 0. The summed E-state index contributed by atoms with van der Waals surface area (Å²) in [6, 6.07) is 7.08. The average molecular weight is 211 g/mol. The summed E-state index contributed by atoms with van der Waals surface area (Å²) >= 11 is 0. The summed E-state index contributed by atoms with van der Waals surface area (Å²) in [4.78, 5) is 4.20. The van der Waals surface area contributed by atoms with Crippen molar-refractivity contribution in [3.05, 3.63) is 30.0 Å². The summed E-state index contributed by atoms with van der Waals surface area (Å²) in [6.07, 6.45) is 0. The standard InChI is InChI=1S/C10H10N2O.ClH/c1-6-8(11)5-7-3-2-4-9(13)10(7)12-6;/h2-5,13H,11H2,1H3;1H. The predicted octanol–water partition coefficient (Wildman–Crippen LogP) is 2.25. The Kier molecular flexibility index (Phi) is 2.81. The molecule has 4 heteroatoms. The number of fused-ring (bicyclic) bond motifs is 1. The largest absolute Gasteiger partial charge is 0.506 e. The van der Waals surface area contributed by atoms with Crippen LogP contribution in [0.3, 0.4) is 0 Å². The summed E-state index contributed by atoms with van der Waals surface area (Å²) in [5.41, 5.74) is 7.69. The van der Waals surface area contributed by atoms with Crippen molar-refractivity contribution in [1.82, 2.24) is 4.98 Å². The summed E-state index contributed by atoms with van der Waals surface area (Å²) < 4.78 is 0. The van der Waals surface area contributed by atoms with E-state index in [2.05, 4.69) is 4.98 Å². The van der Waals surface area contributed by atoms with Gasteiger partial charge in [0.15, 0.2) is 0 Å². The highest BCUT2D eigenvalue weighted by Crippen LogP contribution is 2.24. The van der Waals surface area contributed by atoms with Crippen LogP contribution in [0.1, 0.15) is 5.69 Å². The quantitative estimate of drug-likeness (QED) is 0.701. The number of nitrogens with zero attached hydrogens (tertiary/aromatic N) is 1. The third-order valence-corrected chi connectivity index (χ3v) is 2.05. The second kappa shape index (κ2) is 3.72. The van der Waals surface area contributed by atoms with Gasteiger partial charge in [-0.1, -0.05) is 12.1 Å². The van der Waals surface area contributed by atoms with Gasteiger partial charge in [0.2, 0.25) is 0 Å². The molecular weight excluding hydrogens is 200 g/mol. The van der Waals surface area contributed by atoms with Crippen LogP contribution in [0.4, 0.5) is 5.69 Å². The Morgan fingerprint density at radius 3 is 2.79 bits per heavy atom. The second-order valence-electron chi connectivity index (χ2n) is 3.01. The van der Waals surface area contributed by atoms with Crippen LogP contribution in [0.5, 0.6) is 5.75 Å². The van der Waals surface area contributed by atoms with Crippen LogP contribution in [0, 0.1) is 6.92 Å². The molecule has 1 heterocycles. The van der Waals surface area contributed by atoms with Crippen molar-refractivity contribution < 1.29 is 5.11 Å². The first-order chi connectivity index (χ1) is 6.18. The molecule has 2 aromatic rings. The van der Waals surface area contributed by atoms with Crippen molar-refractivity contribution in [1.29, 1.82) is 0 Å². The fraction of sp³-hybridized carbons (Fsp3) is 0.100. The van der Waals surface area contributed by atoms with Crippen LogP contribution in [0.25, 0.3) is 10.9 Å². The van der Waals surface area contributed by atoms with Gasteiger partial charge in [-0.3, -0.25) is 0 Å². The van der Waals surface area contributed by atoms with Crippen LogP contribution < -0.4 is 5.73 Å². The van der Waals surface area contributed by atoms with E-state index in [1.807, 2.05) is 19.1 Å². The van der Waals surface area contributed by atoms with Gasteiger partial charge >= 0.3 is 0 Å². The van der Waals surface area contributed by atoms with Crippen LogP contribution in [0.2, 0.25) is 0 Å². The molecule has 0 saturated carbocycles.